The Morgan fingerprint density at radius 2 is 2.00 bits per heavy atom. The normalized spacial score (nSPS) is 16.7. The topological polar surface area (TPSA) is 66.7 Å². The molecule has 1 aliphatic rings. The molecule has 7 heteroatoms. The van der Waals surface area contributed by atoms with Crippen molar-refractivity contribution >= 4 is 28.1 Å². The smallest absolute Gasteiger partial charge is 0.266 e. The summed E-state index contributed by atoms with van der Waals surface area (Å²) in [6.45, 7) is 7.56. The van der Waals surface area contributed by atoms with Crippen LogP contribution in [-0.4, -0.2) is 37.6 Å². The zero-order valence-electron chi connectivity index (χ0n) is 13.7. The first kappa shape index (κ1) is 16.0. The molecule has 1 fully saturated rings. The van der Waals surface area contributed by atoms with E-state index in [2.05, 4.69) is 14.7 Å². The molecule has 1 saturated heterocycles. The first-order valence-electron chi connectivity index (χ1n) is 7.81. The number of anilines is 1. The van der Waals surface area contributed by atoms with Crippen LogP contribution >= 0.6 is 0 Å². The molecule has 1 unspecified atom stereocenters. The first-order valence-corrected chi connectivity index (χ1v) is 8.96. The summed E-state index contributed by atoms with van der Waals surface area (Å²) < 4.78 is 15.9. The summed E-state index contributed by atoms with van der Waals surface area (Å²) in [5.74, 6) is -0.355. The lowest BCUT2D eigenvalue weighted by Crippen LogP contribution is -2.37. The van der Waals surface area contributed by atoms with E-state index in [1.807, 2.05) is 39.1 Å². The van der Waals surface area contributed by atoms with Crippen molar-refractivity contribution in [2.24, 2.45) is 0 Å². The first-order chi connectivity index (χ1) is 10.9. The van der Waals surface area contributed by atoms with Crippen LogP contribution in [0.1, 0.15) is 44.0 Å². The zero-order valence-corrected chi connectivity index (χ0v) is 14.5. The second kappa shape index (κ2) is 5.96. The van der Waals surface area contributed by atoms with Crippen LogP contribution in [-0.2, 0) is 11.0 Å². The Labute approximate surface area is 138 Å². The standard InChI is InChI=1S/C16H22N4O2S/c1-16(2,3)23(22)18-15(21)13-11-17-20-9-6-12(10-14(13)20)19-7-4-5-8-19/h6,9-11H,4-5,7-8H2,1-3H3,(H,18,21). The van der Waals surface area contributed by atoms with Crippen LogP contribution in [0, 0.1) is 0 Å². The third-order valence-corrected chi connectivity index (χ3v) is 5.45. The molecule has 124 valence electrons. The van der Waals surface area contributed by atoms with Crippen LogP contribution < -0.4 is 9.62 Å². The summed E-state index contributed by atoms with van der Waals surface area (Å²) in [7, 11) is -1.45. The summed E-state index contributed by atoms with van der Waals surface area (Å²) in [6, 6.07) is 3.99. The Bertz CT molecular complexity index is 757. The maximum atomic E-state index is 12.4. The molecule has 2 aromatic rings. The number of hydrogen-bond acceptors (Lipinski definition) is 4. The summed E-state index contributed by atoms with van der Waals surface area (Å²) in [5.41, 5.74) is 2.28. The van der Waals surface area contributed by atoms with Gasteiger partial charge in [0.05, 0.1) is 22.0 Å². The number of aromatic nitrogens is 2. The number of carbonyl (C=O) groups is 1. The molecule has 3 heterocycles. The maximum Gasteiger partial charge on any atom is 0.266 e. The van der Waals surface area contributed by atoms with E-state index < -0.39 is 15.7 Å². The van der Waals surface area contributed by atoms with E-state index in [0.717, 1.165) is 24.3 Å². The lowest BCUT2D eigenvalue weighted by Gasteiger charge is -2.18. The molecule has 0 aliphatic carbocycles. The second-order valence-electron chi connectivity index (χ2n) is 6.78. The van der Waals surface area contributed by atoms with Crippen LogP contribution in [0.25, 0.3) is 5.52 Å². The highest BCUT2D eigenvalue weighted by Crippen LogP contribution is 2.23. The van der Waals surface area contributed by atoms with Crippen molar-refractivity contribution in [3.8, 4) is 0 Å². The Morgan fingerprint density at radius 3 is 2.65 bits per heavy atom. The quantitative estimate of drug-likeness (QED) is 0.934. The largest absolute Gasteiger partial charge is 0.371 e. The predicted molar refractivity (Wildman–Crippen MR) is 92.0 cm³/mol. The van der Waals surface area contributed by atoms with Gasteiger partial charge in [0.2, 0.25) is 0 Å². The molecule has 0 spiro atoms. The molecule has 1 amide bonds. The fraction of sp³-hybridized carbons (Fsp3) is 0.500. The van der Waals surface area contributed by atoms with Crippen LogP contribution in [0.5, 0.6) is 0 Å². The lowest BCUT2D eigenvalue weighted by atomic mass is 10.2. The minimum atomic E-state index is -1.45. The second-order valence-corrected chi connectivity index (χ2v) is 8.75. The third-order valence-electron chi connectivity index (χ3n) is 3.96. The van der Waals surface area contributed by atoms with E-state index in [4.69, 9.17) is 0 Å². The van der Waals surface area contributed by atoms with Crippen molar-refractivity contribution < 1.29 is 9.00 Å². The molecule has 23 heavy (non-hydrogen) atoms. The van der Waals surface area contributed by atoms with E-state index in [-0.39, 0.29) is 5.91 Å². The fourth-order valence-electron chi connectivity index (χ4n) is 2.61. The molecular formula is C16H22N4O2S. The van der Waals surface area contributed by atoms with Crippen molar-refractivity contribution in [3.63, 3.8) is 0 Å². The molecule has 0 aromatic carbocycles. The number of fused-ring (bicyclic) bond motifs is 1. The van der Waals surface area contributed by atoms with Gasteiger partial charge in [0, 0.05) is 25.0 Å². The highest BCUT2D eigenvalue weighted by Gasteiger charge is 2.24. The van der Waals surface area contributed by atoms with Crippen molar-refractivity contribution in [1.82, 2.24) is 14.3 Å². The highest BCUT2D eigenvalue weighted by molar-refractivity contribution is 7.85. The summed E-state index contributed by atoms with van der Waals surface area (Å²) >= 11 is 0. The molecule has 3 rings (SSSR count). The van der Waals surface area contributed by atoms with Gasteiger partial charge in [0.15, 0.2) is 0 Å². The molecular weight excluding hydrogens is 312 g/mol. The van der Waals surface area contributed by atoms with Crippen molar-refractivity contribution in [1.29, 1.82) is 0 Å². The zero-order chi connectivity index (χ0) is 16.6. The number of nitrogens with zero attached hydrogens (tertiary/aromatic N) is 3. The fourth-order valence-corrected chi connectivity index (χ4v) is 3.19. The van der Waals surface area contributed by atoms with E-state index in [1.165, 1.54) is 19.0 Å². The predicted octanol–water partition coefficient (Wildman–Crippen LogP) is 2.13. The summed E-state index contributed by atoms with van der Waals surface area (Å²) in [6.07, 6.45) is 5.78. The Morgan fingerprint density at radius 1 is 1.30 bits per heavy atom. The van der Waals surface area contributed by atoms with Crippen LogP contribution in [0.15, 0.2) is 24.5 Å². The van der Waals surface area contributed by atoms with E-state index in [9.17, 15) is 9.00 Å². The number of nitrogens with one attached hydrogen (secondary N) is 1. The number of carbonyl (C=O) groups excluding carboxylic acids is 1. The third kappa shape index (κ3) is 3.24. The van der Waals surface area contributed by atoms with Crippen LogP contribution in [0.4, 0.5) is 5.69 Å². The number of pyridine rings is 1. The molecule has 2 aromatic heterocycles. The van der Waals surface area contributed by atoms with Gasteiger partial charge < -0.3 is 4.90 Å². The van der Waals surface area contributed by atoms with Crippen molar-refractivity contribution in [3.05, 3.63) is 30.1 Å². The molecule has 1 N–H and O–H groups in total. The highest BCUT2D eigenvalue weighted by atomic mass is 32.2. The van der Waals surface area contributed by atoms with E-state index >= 15 is 0 Å². The monoisotopic (exact) mass is 334 g/mol. The average Bonchev–Trinajstić information content (AvgIpc) is 3.15. The van der Waals surface area contributed by atoms with Crippen molar-refractivity contribution in [2.75, 3.05) is 18.0 Å². The van der Waals surface area contributed by atoms with Gasteiger partial charge in [-0.1, -0.05) is 0 Å². The summed E-state index contributed by atoms with van der Waals surface area (Å²) in [5, 5.41) is 4.22. The van der Waals surface area contributed by atoms with Gasteiger partial charge in [-0.05, 0) is 45.7 Å². The molecule has 1 atom stereocenters. The minimum Gasteiger partial charge on any atom is -0.371 e. The average molecular weight is 334 g/mol. The van der Waals surface area contributed by atoms with Gasteiger partial charge in [-0.3, -0.25) is 9.52 Å². The number of rotatable bonds is 3. The van der Waals surface area contributed by atoms with Gasteiger partial charge in [-0.25, -0.2) is 8.72 Å². The molecule has 0 bridgehead atoms. The van der Waals surface area contributed by atoms with Crippen LogP contribution in [0.3, 0.4) is 0 Å². The van der Waals surface area contributed by atoms with Crippen molar-refractivity contribution in [2.45, 2.75) is 38.4 Å². The Balaban J connectivity index is 1.90. The van der Waals surface area contributed by atoms with Gasteiger partial charge in [0.25, 0.3) is 5.91 Å². The molecule has 0 saturated carbocycles. The van der Waals surface area contributed by atoms with E-state index in [1.54, 1.807) is 4.52 Å². The Kier molecular flexibility index (Phi) is 4.14. The van der Waals surface area contributed by atoms with Gasteiger partial charge in [0.1, 0.15) is 11.0 Å². The van der Waals surface area contributed by atoms with Crippen LogP contribution in [0.2, 0.25) is 0 Å². The SMILES string of the molecule is CC(C)(C)S(=O)NC(=O)c1cnn2ccc(N3CCCC3)cc12. The van der Waals surface area contributed by atoms with Gasteiger partial charge in [-0.2, -0.15) is 5.10 Å². The molecule has 6 nitrogen and oxygen atoms in total. The minimum absolute atomic E-state index is 0.355. The summed E-state index contributed by atoms with van der Waals surface area (Å²) in [4.78, 5) is 14.7. The molecule has 1 aliphatic heterocycles. The van der Waals surface area contributed by atoms with E-state index in [0.29, 0.717) is 5.56 Å². The molecule has 0 radical (unpaired) electrons. The van der Waals surface area contributed by atoms with Gasteiger partial charge >= 0.3 is 0 Å². The number of hydrogen-bond donors (Lipinski definition) is 1. The van der Waals surface area contributed by atoms with Gasteiger partial charge in [-0.15, -0.1) is 0 Å². The number of amides is 1. The maximum absolute atomic E-state index is 12.4. The lowest BCUT2D eigenvalue weighted by molar-refractivity contribution is 0.0984. The Hall–Kier alpha value is -1.89.